The van der Waals surface area contributed by atoms with Crippen molar-refractivity contribution in [2.75, 3.05) is 0 Å². The molecule has 0 fully saturated rings. The van der Waals surface area contributed by atoms with Crippen LogP contribution in [-0.4, -0.2) is 19.5 Å². The molecule has 0 bridgehead atoms. The summed E-state index contributed by atoms with van der Waals surface area (Å²) < 4.78 is 1.52. The van der Waals surface area contributed by atoms with Crippen LogP contribution in [0.4, 0.5) is 0 Å². The normalized spacial score (nSPS) is 10.7. The summed E-state index contributed by atoms with van der Waals surface area (Å²) in [5.74, 6) is 0. The molecule has 1 N–H and O–H groups in total. The van der Waals surface area contributed by atoms with E-state index in [-0.39, 0.29) is 0 Å². The monoisotopic (exact) mass is 349 g/mol. The largest absolute Gasteiger partial charge is 0.355 e. The molecule has 0 atom stereocenters. The smallest absolute Gasteiger partial charge is 0.0464 e. The third-order valence-corrected chi connectivity index (χ3v) is 5.66. The van der Waals surface area contributed by atoms with Crippen molar-refractivity contribution in [1.29, 1.82) is 0 Å². The van der Waals surface area contributed by atoms with Gasteiger partial charge in [-0.15, -0.1) is 0 Å². The van der Waals surface area contributed by atoms with E-state index in [0.717, 1.165) is 0 Å². The zero-order valence-corrected chi connectivity index (χ0v) is 13.7. The minimum atomic E-state index is 0.622. The Bertz CT molecular complexity index is 959. The molecule has 0 radical (unpaired) electrons. The van der Waals surface area contributed by atoms with Gasteiger partial charge in [0.15, 0.2) is 0 Å². The first-order valence-electron chi connectivity index (χ1n) is 7.29. The second-order valence-corrected chi connectivity index (χ2v) is 7.16. The Morgan fingerprint density at radius 2 is 1.18 bits per heavy atom. The van der Waals surface area contributed by atoms with Crippen LogP contribution in [0.5, 0.6) is 0 Å². The van der Waals surface area contributed by atoms with Crippen LogP contribution in [0, 0.1) is 0 Å². The van der Waals surface area contributed by atoms with Crippen LogP contribution >= 0.6 is 0 Å². The van der Waals surface area contributed by atoms with Crippen molar-refractivity contribution in [1.82, 2.24) is 4.98 Å². The molecule has 0 saturated carbocycles. The zero-order valence-electron chi connectivity index (χ0n) is 12.0. The number of fused-ring (bicyclic) bond motifs is 4. The molecule has 106 valence electrons. The van der Waals surface area contributed by atoms with Crippen LogP contribution in [0.1, 0.15) is 0 Å². The van der Waals surface area contributed by atoms with Gasteiger partial charge in [-0.1, -0.05) is 36.4 Å². The Morgan fingerprint density at radius 1 is 0.591 bits per heavy atom. The topological polar surface area (TPSA) is 15.8 Å². The standard InChI is InChI=1S/C12H9N.C8H6Se/c1-3-7-11-9(5-1)10-6-2-4-8-12(10)13-11;1-2-4-8-7(3-1)5-6-9-8/h1-8,13H;1-6H. The molecule has 3 aromatic carbocycles. The average Bonchev–Trinajstić information content (AvgIpc) is 3.19. The van der Waals surface area contributed by atoms with Crippen molar-refractivity contribution in [2.24, 2.45) is 0 Å². The molecule has 22 heavy (non-hydrogen) atoms. The van der Waals surface area contributed by atoms with E-state index in [1.165, 1.54) is 31.5 Å². The third-order valence-electron chi connectivity index (χ3n) is 3.78. The van der Waals surface area contributed by atoms with E-state index in [4.69, 9.17) is 0 Å². The molecule has 0 aliphatic heterocycles. The van der Waals surface area contributed by atoms with Gasteiger partial charge in [0.1, 0.15) is 0 Å². The fourth-order valence-electron chi connectivity index (χ4n) is 2.71. The fourth-order valence-corrected chi connectivity index (χ4v) is 4.36. The first-order chi connectivity index (χ1) is 10.9. The maximum atomic E-state index is 3.38. The van der Waals surface area contributed by atoms with E-state index >= 15 is 0 Å². The molecular weight excluding hydrogens is 333 g/mol. The number of nitrogens with one attached hydrogen (secondary N) is 1. The van der Waals surface area contributed by atoms with Crippen LogP contribution in [0.15, 0.2) is 83.8 Å². The molecule has 0 unspecified atom stereocenters. The van der Waals surface area contributed by atoms with Gasteiger partial charge in [-0.3, -0.25) is 0 Å². The van der Waals surface area contributed by atoms with E-state index in [0.29, 0.717) is 14.5 Å². The number of rotatable bonds is 0. The molecule has 2 heterocycles. The van der Waals surface area contributed by atoms with Crippen LogP contribution < -0.4 is 0 Å². The van der Waals surface area contributed by atoms with E-state index in [1.807, 2.05) is 0 Å². The first kappa shape index (κ1) is 13.4. The van der Waals surface area contributed by atoms with Crippen molar-refractivity contribution in [3.05, 3.63) is 83.8 Å². The summed E-state index contributed by atoms with van der Waals surface area (Å²) in [4.78, 5) is 5.64. The maximum Gasteiger partial charge on any atom is 0.0464 e. The summed E-state index contributed by atoms with van der Waals surface area (Å²) in [7, 11) is 0. The van der Waals surface area contributed by atoms with Crippen molar-refractivity contribution in [2.45, 2.75) is 0 Å². The molecule has 0 aliphatic carbocycles. The molecule has 0 saturated heterocycles. The number of aromatic nitrogens is 1. The van der Waals surface area contributed by atoms with Gasteiger partial charge in [-0.2, -0.15) is 0 Å². The van der Waals surface area contributed by atoms with Gasteiger partial charge in [-0.25, -0.2) is 0 Å². The van der Waals surface area contributed by atoms with E-state index in [1.54, 1.807) is 0 Å². The summed E-state index contributed by atoms with van der Waals surface area (Å²) in [6.45, 7) is 0. The summed E-state index contributed by atoms with van der Waals surface area (Å²) in [6, 6.07) is 27.5. The first-order valence-corrected chi connectivity index (χ1v) is 9.14. The minimum absolute atomic E-state index is 0.622. The molecule has 0 amide bonds. The molecule has 5 aromatic rings. The van der Waals surface area contributed by atoms with Gasteiger partial charge >= 0.3 is 59.4 Å². The number of hydrogen-bond donors (Lipinski definition) is 1. The summed E-state index contributed by atoms with van der Waals surface area (Å²) in [5, 5.41) is 4.02. The predicted molar refractivity (Wildman–Crippen MR) is 96.7 cm³/mol. The number of aromatic amines is 1. The van der Waals surface area contributed by atoms with Crippen LogP contribution in [0.3, 0.4) is 0 Å². The van der Waals surface area contributed by atoms with Crippen LogP contribution in [0.25, 0.3) is 31.5 Å². The zero-order chi connectivity index (χ0) is 14.8. The van der Waals surface area contributed by atoms with E-state index in [9.17, 15) is 0 Å². The number of benzene rings is 3. The summed E-state index contributed by atoms with van der Waals surface area (Å²) in [6.07, 6.45) is 0. The fraction of sp³-hybridized carbons (Fsp3) is 0. The molecule has 0 spiro atoms. The Kier molecular flexibility index (Phi) is 3.55. The van der Waals surface area contributed by atoms with Gasteiger partial charge in [0.05, 0.1) is 0 Å². The van der Waals surface area contributed by atoms with E-state index < -0.39 is 0 Å². The van der Waals surface area contributed by atoms with Crippen molar-refractivity contribution >= 4 is 46.0 Å². The summed E-state index contributed by atoms with van der Waals surface area (Å²) >= 11 is 0.622. The van der Waals surface area contributed by atoms with Crippen LogP contribution in [0.2, 0.25) is 0 Å². The minimum Gasteiger partial charge on any atom is -0.355 e. The molecule has 1 nitrogen and oxygen atoms in total. The third kappa shape index (κ3) is 2.48. The van der Waals surface area contributed by atoms with E-state index in [2.05, 4.69) is 88.8 Å². The second kappa shape index (κ2) is 5.84. The number of para-hydroxylation sites is 2. The van der Waals surface area contributed by atoms with Gasteiger partial charge < -0.3 is 4.98 Å². The predicted octanol–water partition coefficient (Wildman–Crippen LogP) is 5.22. The van der Waals surface area contributed by atoms with Crippen molar-refractivity contribution < 1.29 is 0 Å². The van der Waals surface area contributed by atoms with Gasteiger partial charge in [0.2, 0.25) is 0 Å². The van der Waals surface area contributed by atoms with Gasteiger partial charge in [-0.05, 0) is 12.1 Å². The average molecular weight is 348 g/mol. The quantitative estimate of drug-likeness (QED) is 0.370. The maximum absolute atomic E-state index is 3.38. The Balaban J connectivity index is 0.000000122. The van der Waals surface area contributed by atoms with Crippen molar-refractivity contribution in [3.8, 4) is 0 Å². The molecule has 5 rings (SSSR count). The van der Waals surface area contributed by atoms with Gasteiger partial charge in [0, 0.05) is 21.8 Å². The molecule has 2 heteroatoms. The molecule has 0 aliphatic rings. The SMILES string of the molecule is c1ccc2[se]ccc2c1.c1ccc2c(c1)[nH]c1ccccc12. The van der Waals surface area contributed by atoms with Crippen LogP contribution in [-0.2, 0) is 0 Å². The summed E-state index contributed by atoms with van der Waals surface area (Å²) in [5.41, 5.74) is 2.42. The number of hydrogen-bond acceptors (Lipinski definition) is 0. The Morgan fingerprint density at radius 3 is 1.86 bits per heavy atom. The Labute approximate surface area is 135 Å². The van der Waals surface area contributed by atoms with Gasteiger partial charge in [0.25, 0.3) is 0 Å². The number of H-pyrrole nitrogens is 1. The molecular formula is C20H15NSe. The van der Waals surface area contributed by atoms with Crippen molar-refractivity contribution in [3.63, 3.8) is 0 Å². The Hall–Kier alpha value is -2.28. The second-order valence-electron chi connectivity index (χ2n) is 5.17. The molecule has 2 aromatic heterocycles.